The van der Waals surface area contributed by atoms with Gasteiger partial charge in [0.25, 0.3) is 0 Å². The highest BCUT2D eigenvalue weighted by atomic mass is 16.5. The molecular formula is C29H36N6O5. The van der Waals surface area contributed by atoms with Gasteiger partial charge in [-0.2, -0.15) is 0 Å². The Hall–Kier alpha value is -4.67. The number of hydrogen-bond donors (Lipinski definition) is 5. The third-order valence-corrected chi connectivity index (χ3v) is 6.08. The van der Waals surface area contributed by atoms with E-state index in [-0.39, 0.29) is 25.4 Å². The number of amides is 4. The third-order valence-electron chi connectivity index (χ3n) is 6.08. The number of ether oxygens (including phenoxy) is 1. The maximum atomic E-state index is 13.4. The number of nitrogens with zero attached hydrogens (tertiary/aromatic N) is 1. The second-order valence-electron chi connectivity index (χ2n) is 9.88. The summed E-state index contributed by atoms with van der Waals surface area (Å²) < 4.78 is 5.30. The van der Waals surface area contributed by atoms with Crippen molar-refractivity contribution in [2.24, 2.45) is 11.7 Å². The molecule has 0 saturated carbocycles. The Morgan fingerprint density at radius 3 is 2.00 bits per heavy atom. The topological polar surface area (TPSA) is 168 Å². The smallest absolute Gasteiger partial charge is 0.408 e. The Morgan fingerprint density at radius 1 is 0.825 bits per heavy atom. The van der Waals surface area contributed by atoms with Crippen LogP contribution in [-0.4, -0.2) is 51.9 Å². The zero-order valence-electron chi connectivity index (χ0n) is 22.6. The van der Waals surface area contributed by atoms with Crippen LogP contribution in [0.3, 0.4) is 0 Å². The molecule has 0 bridgehead atoms. The second-order valence-corrected chi connectivity index (χ2v) is 9.88. The fourth-order valence-electron chi connectivity index (χ4n) is 4.05. The maximum Gasteiger partial charge on any atom is 0.408 e. The first-order valence-electron chi connectivity index (χ1n) is 13.1. The Kier molecular flexibility index (Phi) is 11.2. The largest absolute Gasteiger partial charge is 0.445 e. The number of aromatic nitrogens is 2. The van der Waals surface area contributed by atoms with Crippen LogP contribution in [0, 0.1) is 5.92 Å². The molecule has 0 aliphatic rings. The van der Waals surface area contributed by atoms with Gasteiger partial charge >= 0.3 is 6.09 Å². The minimum absolute atomic E-state index is 0.0482. The van der Waals surface area contributed by atoms with Crippen molar-refractivity contribution in [3.05, 3.63) is 90.0 Å². The minimum Gasteiger partial charge on any atom is -0.445 e. The van der Waals surface area contributed by atoms with Gasteiger partial charge in [0.2, 0.25) is 17.7 Å². The molecule has 3 atom stereocenters. The highest BCUT2D eigenvalue weighted by Gasteiger charge is 2.30. The molecule has 40 heavy (non-hydrogen) atoms. The Bertz CT molecular complexity index is 1230. The molecular weight excluding hydrogens is 512 g/mol. The van der Waals surface area contributed by atoms with E-state index in [0.29, 0.717) is 12.1 Å². The van der Waals surface area contributed by atoms with Gasteiger partial charge in [-0.15, -0.1) is 0 Å². The van der Waals surface area contributed by atoms with Crippen molar-refractivity contribution in [1.29, 1.82) is 0 Å². The zero-order chi connectivity index (χ0) is 28.9. The first-order chi connectivity index (χ1) is 19.2. The quantitative estimate of drug-likeness (QED) is 0.206. The highest BCUT2D eigenvalue weighted by molar-refractivity contribution is 5.93. The first kappa shape index (κ1) is 29.9. The lowest BCUT2D eigenvalue weighted by Crippen LogP contribution is -2.57. The van der Waals surface area contributed by atoms with Crippen LogP contribution in [0.5, 0.6) is 0 Å². The van der Waals surface area contributed by atoms with Gasteiger partial charge in [0.15, 0.2) is 0 Å². The van der Waals surface area contributed by atoms with E-state index in [1.807, 2.05) is 74.5 Å². The molecule has 0 saturated heterocycles. The number of nitrogens with one attached hydrogen (secondary N) is 4. The minimum atomic E-state index is -1.05. The van der Waals surface area contributed by atoms with Gasteiger partial charge in [-0.25, -0.2) is 9.78 Å². The van der Waals surface area contributed by atoms with E-state index in [4.69, 9.17) is 10.5 Å². The monoisotopic (exact) mass is 548 g/mol. The summed E-state index contributed by atoms with van der Waals surface area (Å²) in [6, 6.07) is 15.3. The molecule has 1 heterocycles. The maximum absolute atomic E-state index is 13.4. The van der Waals surface area contributed by atoms with E-state index in [9.17, 15) is 19.2 Å². The van der Waals surface area contributed by atoms with Gasteiger partial charge in [-0.3, -0.25) is 14.4 Å². The molecule has 0 aliphatic carbocycles. The summed E-state index contributed by atoms with van der Waals surface area (Å²) in [5.41, 5.74) is 7.76. The third kappa shape index (κ3) is 9.90. The van der Waals surface area contributed by atoms with Crippen LogP contribution in [0.15, 0.2) is 73.2 Å². The van der Waals surface area contributed by atoms with Crippen LogP contribution in [0.2, 0.25) is 0 Å². The average molecular weight is 549 g/mol. The zero-order valence-corrected chi connectivity index (χ0v) is 22.6. The summed E-state index contributed by atoms with van der Waals surface area (Å²) in [5.74, 6) is -1.81. The van der Waals surface area contributed by atoms with E-state index >= 15 is 0 Å². The molecule has 6 N–H and O–H groups in total. The number of hydrogen-bond acceptors (Lipinski definition) is 6. The summed E-state index contributed by atoms with van der Waals surface area (Å²) >= 11 is 0. The van der Waals surface area contributed by atoms with Crippen molar-refractivity contribution in [1.82, 2.24) is 25.9 Å². The van der Waals surface area contributed by atoms with Crippen LogP contribution in [0.25, 0.3) is 0 Å². The van der Waals surface area contributed by atoms with Crippen molar-refractivity contribution in [3.63, 3.8) is 0 Å². The van der Waals surface area contributed by atoms with E-state index in [1.54, 1.807) is 0 Å². The van der Waals surface area contributed by atoms with Crippen LogP contribution < -0.4 is 21.7 Å². The lowest BCUT2D eigenvalue weighted by atomic mass is 10.0. The van der Waals surface area contributed by atoms with Crippen LogP contribution >= 0.6 is 0 Å². The molecule has 3 aromatic rings. The van der Waals surface area contributed by atoms with Crippen LogP contribution in [0.4, 0.5) is 4.79 Å². The summed E-state index contributed by atoms with van der Waals surface area (Å²) in [6.45, 7) is 3.88. The standard InChI is InChI=1S/C29H36N6O5/c1-19(2)13-24(35-29(39)40-17-21-11-7-4-8-12-21)27(37)34-25(14-20-9-5-3-6-10-20)28(38)33-23(26(30)36)15-22-16-31-18-32-22/h3-12,16,18-19,23-25H,13-15,17H2,1-2H3,(H2,30,36)(H,31,32)(H,33,38)(H,34,37)(H,35,39)/t23-,24-,25-/m0/s1. The normalized spacial score (nSPS) is 13.1. The summed E-state index contributed by atoms with van der Waals surface area (Å²) in [5, 5.41) is 8.04. The second kappa shape index (κ2) is 15.1. The van der Waals surface area contributed by atoms with Crippen molar-refractivity contribution in [2.75, 3.05) is 0 Å². The molecule has 0 fully saturated rings. The van der Waals surface area contributed by atoms with E-state index in [0.717, 1.165) is 11.1 Å². The fraction of sp³-hybridized carbons (Fsp3) is 0.345. The number of primary amides is 1. The summed E-state index contributed by atoms with van der Waals surface area (Å²) in [7, 11) is 0. The molecule has 11 nitrogen and oxygen atoms in total. The van der Waals surface area contributed by atoms with Gasteiger partial charge in [-0.1, -0.05) is 74.5 Å². The lowest BCUT2D eigenvalue weighted by Gasteiger charge is -2.25. The predicted octanol–water partition coefficient (Wildman–Crippen LogP) is 1.99. The molecule has 3 rings (SSSR count). The van der Waals surface area contributed by atoms with E-state index in [1.165, 1.54) is 12.5 Å². The molecule has 0 aliphatic heterocycles. The average Bonchev–Trinajstić information content (AvgIpc) is 3.45. The SMILES string of the molecule is CC(C)C[C@H](NC(=O)OCc1ccccc1)C(=O)N[C@@H](Cc1ccccc1)C(=O)N[C@@H](Cc1cnc[nH]1)C(N)=O. The number of imidazole rings is 1. The van der Waals surface area contributed by atoms with Gasteiger partial charge in [0, 0.05) is 24.7 Å². The Balaban J connectivity index is 1.72. The molecule has 0 spiro atoms. The summed E-state index contributed by atoms with van der Waals surface area (Å²) in [6.07, 6.45) is 2.82. The van der Waals surface area contributed by atoms with Crippen molar-refractivity contribution in [2.45, 2.75) is 57.8 Å². The first-order valence-corrected chi connectivity index (χ1v) is 13.1. The van der Waals surface area contributed by atoms with Crippen LogP contribution in [-0.2, 0) is 38.6 Å². The molecule has 1 aromatic heterocycles. The highest BCUT2D eigenvalue weighted by Crippen LogP contribution is 2.10. The van der Waals surface area contributed by atoms with Crippen molar-refractivity contribution in [3.8, 4) is 0 Å². The van der Waals surface area contributed by atoms with Gasteiger partial charge in [-0.05, 0) is 23.5 Å². The van der Waals surface area contributed by atoms with Gasteiger partial charge < -0.3 is 31.4 Å². The van der Waals surface area contributed by atoms with Gasteiger partial charge in [0.1, 0.15) is 24.7 Å². The van der Waals surface area contributed by atoms with E-state index < -0.39 is 41.9 Å². The lowest BCUT2D eigenvalue weighted by molar-refractivity contribution is -0.132. The van der Waals surface area contributed by atoms with Crippen molar-refractivity contribution >= 4 is 23.8 Å². The number of H-pyrrole nitrogens is 1. The number of rotatable bonds is 14. The van der Waals surface area contributed by atoms with Crippen LogP contribution in [0.1, 0.15) is 37.1 Å². The number of carbonyl (C=O) groups is 4. The molecule has 11 heteroatoms. The number of benzene rings is 2. The number of carbonyl (C=O) groups excluding carboxylic acids is 4. The molecule has 4 amide bonds. The Labute approximate surface area is 233 Å². The van der Waals surface area contributed by atoms with E-state index in [2.05, 4.69) is 25.9 Å². The van der Waals surface area contributed by atoms with Crippen molar-refractivity contribution < 1.29 is 23.9 Å². The predicted molar refractivity (Wildman–Crippen MR) is 148 cm³/mol. The summed E-state index contributed by atoms with van der Waals surface area (Å²) in [4.78, 5) is 58.2. The molecule has 0 radical (unpaired) electrons. The number of aromatic amines is 1. The Morgan fingerprint density at radius 2 is 1.43 bits per heavy atom. The molecule has 0 unspecified atom stereocenters. The number of alkyl carbamates (subject to hydrolysis) is 1. The molecule has 2 aromatic carbocycles. The molecule has 212 valence electrons. The fourth-order valence-corrected chi connectivity index (χ4v) is 4.05. The number of nitrogens with two attached hydrogens (primary N) is 1. The van der Waals surface area contributed by atoms with Gasteiger partial charge in [0.05, 0.1) is 6.33 Å².